The maximum Gasteiger partial charge on any atom is 0.178 e. The molecule has 0 unspecified atom stereocenters. The molecule has 0 aromatic heterocycles. The predicted octanol–water partition coefficient (Wildman–Crippen LogP) is 3.61. The Morgan fingerprint density at radius 3 is 2.37 bits per heavy atom. The summed E-state index contributed by atoms with van der Waals surface area (Å²) in [5.74, 6) is 0.629. The van der Waals surface area contributed by atoms with Crippen LogP contribution in [0, 0.1) is 16.7 Å². The van der Waals surface area contributed by atoms with Gasteiger partial charge in [0, 0.05) is 5.41 Å². The normalized spacial score (nSPS) is 11.8. The molecule has 0 bridgehead atoms. The molecule has 100 valence electrons. The second kappa shape index (κ2) is 6.19. The first-order chi connectivity index (χ1) is 8.94. The highest BCUT2D eigenvalue weighted by atomic mass is 16.5. The number of Topliss-reactive ketones (excluding diaryl/α,β-unsaturated/α-hetero) is 1. The van der Waals surface area contributed by atoms with E-state index >= 15 is 0 Å². The standard InChI is InChI=1S/C16H19NO2/c1-5-16(2,3)15(18)13(11-17)10-12-6-8-14(19-4)9-7-12/h6-10H,5H2,1-4H3/b13-10+. The maximum absolute atomic E-state index is 12.2. The van der Waals surface area contributed by atoms with E-state index in [1.165, 1.54) is 0 Å². The minimum atomic E-state index is -0.506. The molecule has 1 aromatic rings. The van der Waals surface area contributed by atoms with Crippen LogP contribution in [-0.4, -0.2) is 12.9 Å². The van der Waals surface area contributed by atoms with Crippen LogP contribution >= 0.6 is 0 Å². The molecule has 0 aliphatic rings. The van der Waals surface area contributed by atoms with Crippen LogP contribution < -0.4 is 4.74 Å². The zero-order valence-corrected chi connectivity index (χ0v) is 11.9. The zero-order chi connectivity index (χ0) is 14.5. The van der Waals surface area contributed by atoms with Crippen LogP contribution in [0.2, 0.25) is 0 Å². The summed E-state index contributed by atoms with van der Waals surface area (Å²) in [4.78, 5) is 12.2. The first-order valence-corrected chi connectivity index (χ1v) is 6.25. The minimum absolute atomic E-state index is 0.117. The Kier molecular flexibility index (Phi) is 4.88. The number of hydrogen-bond donors (Lipinski definition) is 0. The SMILES string of the molecule is CCC(C)(C)C(=O)/C(C#N)=C/c1ccc(OC)cc1. The number of allylic oxidation sites excluding steroid dienone is 1. The van der Waals surface area contributed by atoms with Gasteiger partial charge in [-0.1, -0.05) is 32.9 Å². The molecule has 1 rings (SSSR count). The number of ether oxygens (including phenoxy) is 1. The summed E-state index contributed by atoms with van der Waals surface area (Å²) < 4.78 is 5.07. The summed E-state index contributed by atoms with van der Waals surface area (Å²) in [6.45, 7) is 5.66. The Labute approximate surface area is 114 Å². The Hall–Kier alpha value is -2.08. The number of rotatable bonds is 5. The number of carbonyl (C=O) groups excluding carboxylic acids is 1. The zero-order valence-electron chi connectivity index (χ0n) is 11.9. The van der Waals surface area contributed by atoms with Gasteiger partial charge in [0.25, 0.3) is 0 Å². The van der Waals surface area contributed by atoms with Crippen molar-refractivity contribution in [3.05, 3.63) is 35.4 Å². The van der Waals surface area contributed by atoms with Gasteiger partial charge in [0.1, 0.15) is 11.8 Å². The van der Waals surface area contributed by atoms with Crippen LogP contribution in [0.5, 0.6) is 5.75 Å². The van der Waals surface area contributed by atoms with Crippen LogP contribution in [0.3, 0.4) is 0 Å². The van der Waals surface area contributed by atoms with Crippen molar-refractivity contribution in [2.24, 2.45) is 5.41 Å². The number of hydrogen-bond acceptors (Lipinski definition) is 3. The summed E-state index contributed by atoms with van der Waals surface area (Å²) in [5.41, 5.74) is 0.503. The number of ketones is 1. The second-order valence-electron chi connectivity index (χ2n) is 5.01. The number of nitrogens with zero attached hydrogens (tertiary/aromatic N) is 1. The fourth-order valence-corrected chi connectivity index (χ4v) is 1.54. The van der Waals surface area contributed by atoms with Crippen LogP contribution in [-0.2, 0) is 4.79 Å². The molecule has 0 atom stereocenters. The largest absolute Gasteiger partial charge is 0.497 e. The molecule has 0 fully saturated rings. The van der Waals surface area contributed by atoms with Gasteiger partial charge in [-0.3, -0.25) is 4.79 Å². The highest BCUT2D eigenvalue weighted by molar-refractivity contribution is 6.06. The summed E-state index contributed by atoms with van der Waals surface area (Å²) >= 11 is 0. The van der Waals surface area contributed by atoms with Gasteiger partial charge in [0.05, 0.1) is 12.7 Å². The fraction of sp³-hybridized carbons (Fsp3) is 0.375. The quantitative estimate of drug-likeness (QED) is 0.598. The maximum atomic E-state index is 12.2. The highest BCUT2D eigenvalue weighted by Crippen LogP contribution is 2.26. The molecule has 0 saturated heterocycles. The molecule has 0 aliphatic carbocycles. The third-order valence-corrected chi connectivity index (χ3v) is 3.29. The number of methoxy groups -OCH3 is 1. The Morgan fingerprint density at radius 2 is 1.95 bits per heavy atom. The van der Waals surface area contributed by atoms with Crippen molar-refractivity contribution in [1.29, 1.82) is 5.26 Å². The lowest BCUT2D eigenvalue weighted by atomic mass is 9.81. The van der Waals surface area contributed by atoms with Crippen LogP contribution in [0.25, 0.3) is 6.08 Å². The number of carbonyl (C=O) groups is 1. The first kappa shape index (κ1) is 15.0. The molecule has 19 heavy (non-hydrogen) atoms. The Balaban J connectivity index is 3.06. The monoisotopic (exact) mass is 257 g/mol. The van der Waals surface area contributed by atoms with Crippen molar-refractivity contribution in [2.75, 3.05) is 7.11 Å². The average molecular weight is 257 g/mol. The molecule has 0 saturated carbocycles. The van der Waals surface area contributed by atoms with E-state index in [0.29, 0.717) is 6.42 Å². The van der Waals surface area contributed by atoms with Gasteiger partial charge >= 0.3 is 0 Å². The summed E-state index contributed by atoms with van der Waals surface area (Å²) in [7, 11) is 1.60. The van der Waals surface area contributed by atoms with Gasteiger partial charge in [-0.05, 0) is 30.2 Å². The molecular weight excluding hydrogens is 238 g/mol. The molecule has 1 aromatic carbocycles. The molecule has 0 aliphatic heterocycles. The van der Waals surface area contributed by atoms with Crippen molar-refractivity contribution >= 4 is 11.9 Å². The van der Waals surface area contributed by atoms with Crippen molar-refractivity contribution in [3.63, 3.8) is 0 Å². The van der Waals surface area contributed by atoms with E-state index in [1.807, 2.05) is 39.0 Å². The van der Waals surface area contributed by atoms with E-state index < -0.39 is 5.41 Å². The molecule has 0 radical (unpaired) electrons. The smallest absolute Gasteiger partial charge is 0.178 e. The van der Waals surface area contributed by atoms with Crippen molar-refractivity contribution < 1.29 is 9.53 Å². The average Bonchev–Trinajstić information content (AvgIpc) is 2.44. The topological polar surface area (TPSA) is 50.1 Å². The number of benzene rings is 1. The van der Waals surface area contributed by atoms with E-state index in [0.717, 1.165) is 11.3 Å². The predicted molar refractivity (Wildman–Crippen MR) is 75.7 cm³/mol. The van der Waals surface area contributed by atoms with Gasteiger partial charge in [-0.25, -0.2) is 0 Å². The van der Waals surface area contributed by atoms with Crippen LogP contribution in [0.1, 0.15) is 32.8 Å². The lowest BCUT2D eigenvalue weighted by Crippen LogP contribution is -2.24. The van der Waals surface area contributed by atoms with Crippen molar-refractivity contribution in [3.8, 4) is 11.8 Å². The second-order valence-corrected chi connectivity index (χ2v) is 5.01. The summed E-state index contributed by atoms with van der Waals surface area (Å²) in [6, 6.07) is 9.25. The number of nitriles is 1. The van der Waals surface area contributed by atoms with E-state index in [1.54, 1.807) is 25.3 Å². The summed E-state index contributed by atoms with van der Waals surface area (Å²) in [5, 5.41) is 9.15. The lowest BCUT2D eigenvalue weighted by Gasteiger charge is -2.19. The van der Waals surface area contributed by atoms with Gasteiger partial charge in [0.2, 0.25) is 0 Å². The molecule has 3 heteroatoms. The van der Waals surface area contributed by atoms with Crippen molar-refractivity contribution in [2.45, 2.75) is 27.2 Å². The van der Waals surface area contributed by atoms with Crippen LogP contribution in [0.15, 0.2) is 29.8 Å². The first-order valence-electron chi connectivity index (χ1n) is 6.25. The van der Waals surface area contributed by atoms with Gasteiger partial charge in [-0.15, -0.1) is 0 Å². The summed E-state index contributed by atoms with van der Waals surface area (Å²) in [6.07, 6.45) is 2.33. The van der Waals surface area contributed by atoms with E-state index in [-0.39, 0.29) is 11.4 Å². The molecule has 0 amide bonds. The van der Waals surface area contributed by atoms with E-state index in [2.05, 4.69) is 0 Å². The molecule has 3 nitrogen and oxygen atoms in total. The highest BCUT2D eigenvalue weighted by Gasteiger charge is 2.28. The Morgan fingerprint density at radius 1 is 1.37 bits per heavy atom. The van der Waals surface area contributed by atoms with Crippen molar-refractivity contribution in [1.82, 2.24) is 0 Å². The molecular formula is C16H19NO2. The third kappa shape index (κ3) is 3.69. The fourth-order valence-electron chi connectivity index (χ4n) is 1.54. The van der Waals surface area contributed by atoms with E-state index in [4.69, 9.17) is 10.00 Å². The molecule has 0 N–H and O–H groups in total. The Bertz CT molecular complexity index is 519. The molecule has 0 spiro atoms. The van der Waals surface area contributed by atoms with Gasteiger partial charge in [0.15, 0.2) is 5.78 Å². The molecule has 0 heterocycles. The van der Waals surface area contributed by atoms with Gasteiger partial charge < -0.3 is 4.74 Å². The minimum Gasteiger partial charge on any atom is -0.497 e. The van der Waals surface area contributed by atoms with Crippen LogP contribution in [0.4, 0.5) is 0 Å². The third-order valence-electron chi connectivity index (χ3n) is 3.29. The lowest BCUT2D eigenvalue weighted by molar-refractivity contribution is -0.122. The van der Waals surface area contributed by atoms with E-state index in [9.17, 15) is 4.79 Å². The van der Waals surface area contributed by atoms with Gasteiger partial charge in [-0.2, -0.15) is 5.26 Å².